The van der Waals surface area contributed by atoms with Crippen molar-refractivity contribution < 1.29 is 15.0 Å². The van der Waals surface area contributed by atoms with Gasteiger partial charge in [0.1, 0.15) is 11.8 Å². The first-order chi connectivity index (χ1) is 14.7. The average molecular weight is 465 g/mol. The molecule has 2 aromatic heterocycles. The molecule has 3 atom stereocenters. The molecule has 9 nitrogen and oxygen atoms in total. The SMILES string of the molecule is CC[C@](C)(C(=O)NC)[C@@H](O)[C@@H](O)N1CNc2c(NC)nc(C#Cc3ccc(Cl)s3)nc21. The fraction of sp³-hybridized carbons (Fsp3) is 0.450. The smallest absolute Gasteiger partial charge is 0.228 e. The maximum atomic E-state index is 12.4. The Kier molecular flexibility index (Phi) is 6.91. The summed E-state index contributed by atoms with van der Waals surface area (Å²) in [6, 6.07) is 3.57. The van der Waals surface area contributed by atoms with Crippen LogP contribution in [0.2, 0.25) is 4.34 Å². The molecule has 166 valence electrons. The minimum absolute atomic E-state index is 0.182. The van der Waals surface area contributed by atoms with E-state index in [1.54, 1.807) is 27.0 Å². The summed E-state index contributed by atoms with van der Waals surface area (Å²) in [6.45, 7) is 3.58. The van der Waals surface area contributed by atoms with Gasteiger partial charge in [-0.05, 0) is 37.3 Å². The van der Waals surface area contributed by atoms with Gasteiger partial charge in [0, 0.05) is 14.1 Å². The molecule has 5 N–H and O–H groups in total. The van der Waals surface area contributed by atoms with Crippen molar-refractivity contribution in [2.75, 3.05) is 36.3 Å². The van der Waals surface area contributed by atoms with Crippen molar-refractivity contribution in [2.24, 2.45) is 5.41 Å². The van der Waals surface area contributed by atoms with Crippen LogP contribution in [-0.2, 0) is 4.79 Å². The van der Waals surface area contributed by atoms with E-state index >= 15 is 0 Å². The number of aliphatic hydroxyl groups is 2. The monoisotopic (exact) mass is 464 g/mol. The van der Waals surface area contributed by atoms with E-state index in [-0.39, 0.29) is 18.4 Å². The molecule has 31 heavy (non-hydrogen) atoms. The first kappa shape index (κ1) is 23.1. The second-order valence-corrected chi connectivity index (χ2v) is 8.93. The van der Waals surface area contributed by atoms with Crippen LogP contribution in [0, 0.1) is 17.3 Å². The number of nitrogens with one attached hydrogen (secondary N) is 3. The van der Waals surface area contributed by atoms with E-state index in [1.165, 1.54) is 23.3 Å². The number of halogens is 1. The van der Waals surface area contributed by atoms with Crippen molar-refractivity contribution in [2.45, 2.75) is 32.6 Å². The van der Waals surface area contributed by atoms with Gasteiger partial charge in [-0.3, -0.25) is 4.79 Å². The van der Waals surface area contributed by atoms with Gasteiger partial charge in [-0.2, -0.15) is 0 Å². The average Bonchev–Trinajstić information content (AvgIpc) is 3.40. The highest BCUT2D eigenvalue weighted by atomic mass is 35.5. The number of carbonyl (C=O) groups excluding carboxylic acids is 1. The number of anilines is 3. The standard InChI is InChI=1S/C20H25ClN6O3S/c1-5-20(2,19(30)23-4)15(28)18(29)27-10-24-14-16(22-3)25-13(26-17(14)27)9-7-11-6-8-12(21)31-11/h6,8,15,18,24,28-29H,5,10H2,1-4H3,(H,23,30)(H,22,25,26)/t15-,18+,20-/m0/s1. The molecule has 2 aromatic rings. The maximum Gasteiger partial charge on any atom is 0.228 e. The highest BCUT2D eigenvalue weighted by Crippen LogP contribution is 2.38. The molecule has 0 saturated carbocycles. The van der Waals surface area contributed by atoms with E-state index in [1.807, 2.05) is 6.07 Å². The van der Waals surface area contributed by atoms with Crippen LogP contribution >= 0.6 is 22.9 Å². The zero-order valence-electron chi connectivity index (χ0n) is 17.7. The Morgan fingerprint density at radius 2 is 2.13 bits per heavy atom. The summed E-state index contributed by atoms with van der Waals surface area (Å²) < 4.78 is 0.637. The van der Waals surface area contributed by atoms with Crippen LogP contribution in [0.15, 0.2) is 12.1 Å². The molecule has 3 heterocycles. The molecule has 0 radical (unpaired) electrons. The molecule has 0 bridgehead atoms. The summed E-state index contributed by atoms with van der Waals surface area (Å²) in [5.74, 6) is 6.67. The highest BCUT2D eigenvalue weighted by Gasteiger charge is 2.45. The van der Waals surface area contributed by atoms with Crippen molar-refractivity contribution in [3.05, 3.63) is 27.2 Å². The van der Waals surface area contributed by atoms with Crippen LogP contribution in [0.5, 0.6) is 0 Å². The molecule has 3 rings (SSSR count). The molecule has 0 saturated heterocycles. The third-order valence-electron chi connectivity index (χ3n) is 5.43. The summed E-state index contributed by atoms with van der Waals surface area (Å²) in [5.41, 5.74) is -0.603. The fourth-order valence-electron chi connectivity index (χ4n) is 3.30. The van der Waals surface area contributed by atoms with Crippen LogP contribution in [0.25, 0.3) is 0 Å². The number of thiophene rings is 1. The second kappa shape index (κ2) is 9.28. The number of aromatic nitrogens is 2. The molecule has 0 unspecified atom stereocenters. The molecule has 0 spiro atoms. The van der Waals surface area contributed by atoms with E-state index in [2.05, 4.69) is 37.8 Å². The third kappa shape index (κ3) is 4.41. The van der Waals surface area contributed by atoms with Crippen molar-refractivity contribution in [1.82, 2.24) is 15.3 Å². The molecule has 11 heteroatoms. The summed E-state index contributed by atoms with van der Waals surface area (Å²) in [5, 5.41) is 30.5. The maximum absolute atomic E-state index is 12.4. The third-order valence-corrected chi connectivity index (χ3v) is 6.58. The van der Waals surface area contributed by atoms with Crippen LogP contribution in [0.1, 0.15) is 31.0 Å². The van der Waals surface area contributed by atoms with Gasteiger partial charge in [-0.25, -0.2) is 9.97 Å². The Labute approximate surface area is 189 Å². The second-order valence-electron chi connectivity index (χ2n) is 7.21. The quantitative estimate of drug-likeness (QED) is 0.409. The number of nitrogens with zero attached hydrogens (tertiary/aromatic N) is 3. The molecule has 0 aromatic carbocycles. The topological polar surface area (TPSA) is 123 Å². The van der Waals surface area contributed by atoms with Crippen LogP contribution < -0.4 is 20.9 Å². The van der Waals surface area contributed by atoms with Gasteiger partial charge in [-0.15, -0.1) is 11.3 Å². The zero-order chi connectivity index (χ0) is 22.8. The largest absolute Gasteiger partial charge is 0.387 e. The molecule has 0 aliphatic carbocycles. The normalized spacial score (nSPS) is 16.3. The number of fused-ring (bicyclic) bond motifs is 1. The molecular weight excluding hydrogens is 440 g/mol. The molecule has 1 aliphatic rings. The number of amides is 1. The molecule has 0 fully saturated rings. The van der Waals surface area contributed by atoms with E-state index in [9.17, 15) is 15.0 Å². The van der Waals surface area contributed by atoms with E-state index in [4.69, 9.17) is 11.6 Å². The lowest BCUT2D eigenvalue weighted by Gasteiger charge is -2.37. The minimum atomic E-state index is -1.38. The zero-order valence-corrected chi connectivity index (χ0v) is 19.2. The van der Waals surface area contributed by atoms with Gasteiger partial charge in [0.05, 0.1) is 21.3 Å². The molecular formula is C20H25ClN6O3S. The number of hydrogen-bond acceptors (Lipinski definition) is 9. The number of rotatable bonds is 6. The molecule has 1 amide bonds. The number of hydrogen-bond donors (Lipinski definition) is 5. The van der Waals surface area contributed by atoms with E-state index in [0.29, 0.717) is 28.1 Å². The Morgan fingerprint density at radius 3 is 2.71 bits per heavy atom. The predicted octanol–water partition coefficient (Wildman–Crippen LogP) is 1.66. The van der Waals surface area contributed by atoms with Gasteiger partial charge < -0.3 is 31.1 Å². The lowest BCUT2D eigenvalue weighted by Crippen LogP contribution is -2.55. The van der Waals surface area contributed by atoms with Crippen LogP contribution in [0.3, 0.4) is 0 Å². The lowest BCUT2D eigenvalue weighted by molar-refractivity contribution is -0.143. The Morgan fingerprint density at radius 1 is 1.39 bits per heavy atom. The van der Waals surface area contributed by atoms with Crippen molar-refractivity contribution in [3.8, 4) is 11.8 Å². The van der Waals surface area contributed by atoms with Crippen molar-refractivity contribution >= 4 is 46.2 Å². The summed E-state index contributed by atoms with van der Waals surface area (Å²) in [6.07, 6.45) is -2.40. The van der Waals surface area contributed by atoms with Gasteiger partial charge in [0.15, 0.2) is 17.9 Å². The number of carbonyl (C=O) groups is 1. The first-order valence-corrected chi connectivity index (χ1v) is 10.9. The molecule has 1 aliphatic heterocycles. The number of aliphatic hydroxyl groups excluding tert-OH is 2. The predicted molar refractivity (Wildman–Crippen MR) is 122 cm³/mol. The van der Waals surface area contributed by atoms with Gasteiger partial charge in [0.25, 0.3) is 0 Å². The van der Waals surface area contributed by atoms with E-state index < -0.39 is 17.7 Å². The van der Waals surface area contributed by atoms with Crippen LogP contribution in [0.4, 0.5) is 17.3 Å². The Hall–Kier alpha value is -2.58. The highest BCUT2D eigenvalue weighted by molar-refractivity contribution is 7.16. The summed E-state index contributed by atoms with van der Waals surface area (Å²) in [7, 11) is 3.22. The Balaban J connectivity index is 1.95. The van der Waals surface area contributed by atoms with E-state index in [0.717, 1.165) is 4.88 Å². The van der Waals surface area contributed by atoms with Crippen molar-refractivity contribution in [3.63, 3.8) is 0 Å². The summed E-state index contributed by atoms with van der Waals surface area (Å²) >= 11 is 7.29. The van der Waals surface area contributed by atoms with Crippen LogP contribution in [-0.4, -0.2) is 59.2 Å². The Bertz CT molecular complexity index is 1040. The van der Waals surface area contributed by atoms with Gasteiger partial charge in [0.2, 0.25) is 11.7 Å². The minimum Gasteiger partial charge on any atom is -0.387 e. The van der Waals surface area contributed by atoms with Gasteiger partial charge >= 0.3 is 0 Å². The summed E-state index contributed by atoms with van der Waals surface area (Å²) in [4.78, 5) is 23.5. The first-order valence-electron chi connectivity index (χ1n) is 9.71. The lowest BCUT2D eigenvalue weighted by atomic mass is 9.79. The van der Waals surface area contributed by atoms with Gasteiger partial charge in [-0.1, -0.05) is 18.5 Å². The fourth-order valence-corrected chi connectivity index (χ4v) is 4.20. The van der Waals surface area contributed by atoms with Crippen molar-refractivity contribution in [1.29, 1.82) is 0 Å².